The molecule has 0 heterocycles. The molecule has 0 unspecified atom stereocenters. The molecule has 0 aliphatic carbocycles. The fraction of sp³-hybridized carbons (Fsp3) is 0.231. The van der Waals surface area contributed by atoms with Crippen LogP contribution in [0.5, 0.6) is 0 Å². The van der Waals surface area contributed by atoms with Crippen LogP contribution in [-0.4, -0.2) is 24.5 Å². The zero-order chi connectivity index (χ0) is 22.6. The van der Waals surface area contributed by atoms with Gasteiger partial charge in [-0.3, -0.25) is 4.79 Å². The number of aryl methyl sites for hydroxylation is 1. The number of hydrogen-bond donors (Lipinski definition) is 2. The van der Waals surface area contributed by atoms with E-state index in [1.54, 1.807) is 12.1 Å². The monoisotopic (exact) mass is 416 g/mol. The lowest BCUT2D eigenvalue weighted by Gasteiger charge is -2.21. The topological polar surface area (TPSA) is 67.4 Å². The van der Waals surface area contributed by atoms with E-state index in [0.29, 0.717) is 16.8 Å². The molecule has 0 aliphatic heterocycles. The largest absolute Gasteiger partial charge is 0.456 e. The molecule has 0 spiro atoms. The summed E-state index contributed by atoms with van der Waals surface area (Å²) < 4.78 is 5.55. The van der Waals surface area contributed by atoms with Gasteiger partial charge >= 0.3 is 5.97 Å². The number of carbonyl (C=O) groups excluding carboxylic acids is 2. The normalized spacial score (nSPS) is 11.0. The van der Waals surface area contributed by atoms with Crippen LogP contribution in [0.3, 0.4) is 0 Å². The van der Waals surface area contributed by atoms with Crippen molar-refractivity contribution >= 4 is 23.3 Å². The van der Waals surface area contributed by atoms with E-state index in [9.17, 15) is 9.59 Å². The third kappa shape index (κ3) is 5.51. The van der Waals surface area contributed by atoms with Crippen LogP contribution in [0.1, 0.15) is 47.1 Å². The van der Waals surface area contributed by atoms with Gasteiger partial charge in [0.15, 0.2) is 0 Å². The van der Waals surface area contributed by atoms with Crippen LogP contribution in [0.2, 0.25) is 0 Å². The maximum atomic E-state index is 13.1. The molecule has 3 rings (SSSR count). The SMILES string of the molecule is CNc1ccc(C(=O)Nc2cc(-c3ccccc3)ccc2C(=O)OC(C)(C)C)c(C)c1. The lowest BCUT2D eigenvalue weighted by molar-refractivity contribution is 0.00708. The number of ether oxygens (including phenoxy) is 1. The van der Waals surface area contributed by atoms with Gasteiger partial charge in [0.05, 0.1) is 11.3 Å². The van der Waals surface area contributed by atoms with Crippen LogP contribution >= 0.6 is 0 Å². The molecule has 31 heavy (non-hydrogen) atoms. The Morgan fingerprint density at radius 3 is 2.13 bits per heavy atom. The summed E-state index contributed by atoms with van der Waals surface area (Å²) in [6.07, 6.45) is 0. The van der Waals surface area contributed by atoms with Crippen molar-refractivity contribution in [3.63, 3.8) is 0 Å². The first kappa shape index (κ1) is 22.1. The summed E-state index contributed by atoms with van der Waals surface area (Å²) in [4.78, 5) is 25.9. The minimum atomic E-state index is -0.643. The van der Waals surface area contributed by atoms with Crippen LogP contribution in [-0.2, 0) is 4.74 Å². The van der Waals surface area contributed by atoms with E-state index in [1.165, 1.54) is 0 Å². The van der Waals surface area contributed by atoms with Crippen LogP contribution in [0.15, 0.2) is 66.7 Å². The number of esters is 1. The van der Waals surface area contributed by atoms with E-state index in [-0.39, 0.29) is 5.91 Å². The first-order valence-electron chi connectivity index (χ1n) is 10.2. The zero-order valence-electron chi connectivity index (χ0n) is 18.6. The lowest BCUT2D eigenvalue weighted by Crippen LogP contribution is -2.25. The number of anilines is 2. The molecule has 0 saturated carbocycles. The predicted octanol–water partition coefficient (Wildman–Crippen LogP) is 5.91. The van der Waals surface area contributed by atoms with Gasteiger partial charge in [-0.2, -0.15) is 0 Å². The Morgan fingerprint density at radius 2 is 1.52 bits per heavy atom. The van der Waals surface area contributed by atoms with Crippen molar-refractivity contribution in [2.75, 3.05) is 17.7 Å². The summed E-state index contributed by atoms with van der Waals surface area (Å²) >= 11 is 0. The molecule has 160 valence electrons. The molecule has 0 atom stereocenters. The minimum absolute atomic E-state index is 0.282. The number of carbonyl (C=O) groups is 2. The van der Waals surface area contributed by atoms with Crippen molar-refractivity contribution in [3.8, 4) is 11.1 Å². The van der Waals surface area contributed by atoms with E-state index in [4.69, 9.17) is 4.74 Å². The van der Waals surface area contributed by atoms with Gasteiger partial charge in [-0.25, -0.2) is 4.79 Å². The first-order chi connectivity index (χ1) is 14.7. The Balaban J connectivity index is 2.00. The van der Waals surface area contributed by atoms with Crippen molar-refractivity contribution in [1.82, 2.24) is 0 Å². The van der Waals surface area contributed by atoms with Crippen molar-refractivity contribution in [2.45, 2.75) is 33.3 Å². The Kier molecular flexibility index (Phi) is 6.44. The highest BCUT2D eigenvalue weighted by Gasteiger charge is 2.22. The summed E-state index contributed by atoms with van der Waals surface area (Å²) in [5, 5.41) is 5.98. The smallest absolute Gasteiger partial charge is 0.340 e. The van der Waals surface area contributed by atoms with Gasteiger partial charge in [0, 0.05) is 18.3 Å². The minimum Gasteiger partial charge on any atom is -0.456 e. The second-order valence-electron chi connectivity index (χ2n) is 8.36. The quantitative estimate of drug-likeness (QED) is 0.507. The number of amides is 1. The molecule has 3 aromatic rings. The summed E-state index contributed by atoms with van der Waals surface area (Å²) in [6, 6.07) is 20.7. The van der Waals surface area contributed by atoms with Crippen LogP contribution in [0, 0.1) is 6.92 Å². The maximum absolute atomic E-state index is 13.1. The van der Waals surface area contributed by atoms with E-state index in [1.807, 2.05) is 89.3 Å². The number of hydrogen-bond acceptors (Lipinski definition) is 4. The van der Waals surface area contributed by atoms with Crippen molar-refractivity contribution in [3.05, 3.63) is 83.4 Å². The highest BCUT2D eigenvalue weighted by atomic mass is 16.6. The third-order valence-corrected chi connectivity index (χ3v) is 4.75. The highest BCUT2D eigenvalue weighted by molar-refractivity contribution is 6.09. The molecule has 0 saturated heterocycles. The number of nitrogens with one attached hydrogen (secondary N) is 2. The Bertz CT molecular complexity index is 1100. The molecule has 1 amide bonds. The molecule has 2 N–H and O–H groups in total. The second-order valence-corrected chi connectivity index (χ2v) is 8.36. The van der Waals surface area contributed by atoms with Crippen LogP contribution in [0.25, 0.3) is 11.1 Å². The molecular weight excluding hydrogens is 388 g/mol. The molecule has 5 heteroatoms. The van der Waals surface area contributed by atoms with Gasteiger partial charge in [0.2, 0.25) is 0 Å². The number of rotatable bonds is 5. The van der Waals surface area contributed by atoms with E-state index in [0.717, 1.165) is 22.4 Å². The number of benzene rings is 3. The summed E-state index contributed by atoms with van der Waals surface area (Å²) in [6.45, 7) is 7.32. The lowest BCUT2D eigenvalue weighted by atomic mass is 10.0. The second kappa shape index (κ2) is 9.04. The molecule has 0 fully saturated rings. The first-order valence-corrected chi connectivity index (χ1v) is 10.2. The van der Waals surface area contributed by atoms with Crippen LogP contribution in [0.4, 0.5) is 11.4 Å². The van der Waals surface area contributed by atoms with Gasteiger partial charge < -0.3 is 15.4 Å². The summed E-state index contributed by atoms with van der Waals surface area (Å²) in [5.41, 5.74) is 4.27. The summed E-state index contributed by atoms with van der Waals surface area (Å²) in [7, 11) is 1.83. The molecule has 0 radical (unpaired) electrons. The van der Waals surface area contributed by atoms with Gasteiger partial charge in [-0.1, -0.05) is 36.4 Å². The average Bonchev–Trinajstić information content (AvgIpc) is 2.72. The molecule has 5 nitrogen and oxygen atoms in total. The van der Waals surface area contributed by atoms with E-state index >= 15 is 0 Å². The zero-order valence-corrected chi connectivity index (χ0v) is 18.6. The molecule has 3 aromatic carbocycles. The van der Waals surface area contributed by atoms with Crippen LogP contribution < -0.4 is 10.6 Å². The standard InChI is InChI=1S/C26H28N2O3/c1-17-15-20(27-5)12-14-21(17)24(29)28-23-16-19(18-9-7-6-8-10-18)11-13-22(23)25(30)31-26(2,3)4/h6-16,27H,1-5H3,(H,28,29). The fourth-order valence-electron chi connectivity index (χ4n) is 3.23. The average molecular weight is 417 g/mol. The van der Waals surface area contributed by atoms with Gasteiger partial charge in [0.1, 0.15) is 5.60 Å². The Labute approximate surface area is 183 Å². The third-order valence-electron chi connectivity index (χ3n) is 4.75. The molecular formula is C26H28N2O3. The van der Waals surface area contributed by atoms with Crippen molar-refractivity contribution < 1.29 is 14.3 Å². The van der Waals surface area contributed by atoms with E-state index in [2.05, 4.69) is 10.6 Å². The van der Waals surface area contributed by atoms with Gasteiger partial charge in [-0.15, -0.1) is 0 Å². The maximum Gasteiger partial charge on any atom is 0.340 e. The molecule has 0 aromatic heterocycles. The predicted molar refractivity (Wildman–Crippen MR) is 126 cm³/mol. The Morgan fingerprint density at radius 1 is 0.839 bits per heavy atom. The molecule has 0 bridgehead atoms. The van der Waals surface area contributed by atoms with Crippen molar-refractivity contribution in [1.29, 1.82) is 0 Å². The van der Waals surface area contributed by atoms with Gasteiger partial charge in [0.25, 0.3) is 5.91 Å². The highest BCUT2D eigenvalue weighted by Crippen LogP contribution is 2.28. The fourth-order valence-corrected chi connectivity index (χ4v) is 3.23. The summed E-state index contributed by atoms with van der Waals surface area (Å²) in [5.74, 6) is -0.764. The van der Waals surface area contributed by atoms with Gasteiger partial charge in [-0.05, 0) is 74.7 Å². The van der Waals surface area contributed by atoms with Crippen molar-refractivity contribution in [2.24, 2.45) is 0 Å². The van der Waals surface area contributed by atoms with E-state index < -0.39 is 11.6 Å². The Hall–Kier alpha value is -3.60. The molecule has 0 aliphatic rings.